The van der Waals surface area contributed by atoms with Gasteiger partial charge in [0.25, 0.3) is 0 Å². The molecule has 1 aliphatic carbocycles. The van der Waals surface area contributed by atoms with E-state index in [2.05, 4.69) is 20.3 Å². The molecule has 1 saturated heterocycles. The zero-order valence-electron chi connectivity index (χ0n) is 18.9. The van der Waals surface area contributed by atoms with Gasteiger partial charge in [-0.25, -0.2) is 9.97 Å². The average molecular weight is 497 g/mol. The molecule has 2 aromatic heterocycles. The van der Waals surface area contributed by atoms with Crippen molar-refractivity contribution in [3.63, 3.8) is 0 Å². The summed E-state index contributed by atoms with van der Waals surface area (Å²) in [5, 5.41) is 13.4. The Balaban J connectivity index is 1.42. The molecule has 1 amide bonds. The van der Waals surface area contributed by atoms with Crippen molar-refractivity contribution in [3.05, 3.63) is 41.7 Å². The van der Waals surface area contributed by atoms with Gasteiger partial charge in [-0.15, -0.1) is 0 Å². The number of hydrogen-bond donors (Lipinski definition) is 3. The Kier molecular flexibility index (Phi) is 7.36. The van der Waals surface area contributed by atoms with Crippen LogP contribution in [-0.2, 0) is 17.5 Å². The number of piperidine rings is 1. The molecule has 1 aliphatic heterocycles. The first kappa shape index (κ1) is 25.0. The highest BCUT2D eigenvalue weighted by atomic mass is 19.4. The standard InChI is InChI=1S/C22H27F4N7O2/c23-19-20(29-8-14-5-6-32(10-16(14)34)11-18(27)35)30-12-31-21(19)33(15-2-3-15)9-13-1-4-17(28-7-13)22(24,25)26/h1,4,7,12,14-16,34H,2-3,5-6,8-11H2,(H2,27,35)(H,29,30,31)/t14-,16-/m0/s1. The summed E-state index contributed by atoms with van der Waals surface area (Å²) in [4.78, 5) is 26.2. The second kappa shape index (κ2) is 10.3. The quantitative estimate of drug-likeness (QED) is 0.449. The van der Waals surface area contributed by atoms with Gasteiger partial charge in [-0.2, -0.15) is 17.6 Å². The van der Waals surface area contributed by atoms with Crippen molar-refractivity contribution in [2.24, 2.45) is 11.7 Å². The number of likely N-dealkylation sites (tertiary alicyclic amines) is 1. The van der Waals surface area contributed by atoms with E-state index in [1.807, 2.05) is 0 Å². The molecule has 2 aliphatic rings. The van der Waals surface area contributed by atoms with Crippen molar-refractivity contribution in [1.82, 2.24) is 19.9 Å². The van der Waals surface area contributed by atoms with E-state index in [1.165, 1.54) is 12.4 Å². The summed E-state index contributed by atoms with van der Waals surface area (Å²) in [5.74, 6) is -1.26. The van der Waals surface area contributed by atoms with Gasteiger partial charge in [-0.1, -0.05) is 6.07 Å². The normalized spacial score (nSPS) is 21.1. The Morgan fingerprint density at radius 1 is 1.23 bits per heavy atom. The number of nitrogens with zero attached hydrogens (tertiary/aromatic N) is 5. The van der Waals surface area contributed by atoms with E-state index in [9.17, 15) is 23.1 Å². The number of pyridine rings is 1. The number of carbonyl (C=O) groups is 1. The van der Waals surface area contributed by atoms with E-state index in [0.717, 1.165) is 25.1 Å². The molecule has 1 saturated carbocycles. The molecule has 2 aromatic rings. The second-order valence-electron chi connectivity index (χ2n) is 8.97. The van der Waals surface area contributed by atoms with Crippen molar-refractivity contribution >= 4 is 17.5 Å². The first-order chi connectivity index (χ1) is 16.6. The Bertz CT molecular complexity index is 1030. The number of aromatic nitrogens is 3. The van der Waals surface area contributed by atoms with E-state index in [1.54, 1.807) is 9.80 Å². The SMILES string of the molecule is NC(=O)CN1CC[C@@H](CNc2ncnc(N(Cc3ccc(C(F)(F)F)nc3)C3CC3)c2F)[C@@H](O)C1. The fourth-order valence-electron chi connectivity index (χ4n) is 4.21. The number of carbonyl (C=O) groups excluding carboxylic acids is 1. The highest BCUT2D eigenvalue weighted by molar-refractivity contribution is 5.75. The van der Waals surface area contributed by atoms with Gasteiger partial charge in [0, 0.05) is 37.8 Å². The summed E-state index contributed by atoms with van der Waals surface area (Å²) in [6.07, 6.45) is -0.645. The number of β-amino-alcohol motifs (C(OH)–C–C–N with tert-alkyl or cyclic N) is 1. The zero-order chi connectivity index (χ0) is 25.2. The van der Waals surface area contributed by atoms with Crippen LogP contribution in [0.1, 0.15) is 30.5 Å². The number of anilines is 2. The number of primary amides is 1. The Morgan fingerprint density at radius 3 is 2.60 bits per heavy atom. The second-order valence-corrected chi connectivity index (χ2v) is 8.97. The van der Waals surface area contributed by atoms with Crippen LogP contribution >= 0.6 is 0 Å². The maximum Gasteiger partial charge on any atom is 0.433 e. The number of amides is 1. The van der Waals surface area contributed by atoms with E-state index in [0.29, 0.717) is 25.1 Å². The minimum atomic E-state index is -4.53. The fourth-order valence-corrected chi connectivity index (χ4v) is 4.21. The molecule has 2 atom stereocenters. The summed E-state index contributed by atoms with van der Waals surface area (Å²) in [7, 11) is 0. The predicted octanol–water partition coefficient (Wildman–Crippen LogP) is 1.78. The molecular formula is C22H27F4N7O2. The number of alkyl halides is 3. The molecule has 0 spiro atoms. The van der Waals surface area contributed by atoms with Crippen LogP contribution in [0.15, 0.2) is 24.7 Å². The molecule has 4 rings (SSSR count). The zero-order valence-corrected chi connectivity index (χ0v) is 18.9. The molecule has 13 heteroatoms. The first-order valence-electron chi connectivity index (χ1n) is 11.3. The lowest BCUT2D eigenvalue weighted by Gasteiger charge is -2.35. The lowest BCUT2D eigenvalue weighted by Crippen LogP contribution is -2.48. The van der Waals surface area contributed by atoms with Crippen LogP contribution in [0.4, 0.5) is 29.2 Å². The molecular weight excluding hydrogens is 470 g/mol. The minimum Gasteiger partial charge on any atom is -0.391 e. The van der Waals surface area contributed by atoms with Crippen LogP contribution in [0.5, 0.6) is 0 Å². The average Bonchev–Trinajstić information content (AvgIpc) is 3.63. The van der Waals surface area contributed by atoms with E-state index in [-0.39, 0.29) is 43.2 Å². The first-order valence-corrected chi connectivity index (χ1v) is 11.3. The lowest BCUT2D eigenvalue weighted by molar-refractivity contribution is -0.141. The van der Waals surface area contributed by atoms with Crippen molar-refractivity contribution in [2.75, 3.05) is 36.4 Å². The summed E-state index contributed by atoms with van der Waals surface area (Å²) in [6.45, 7) is 1.38. The molecule has 4 N–H and O–H groups in total. The fraction of sp³-hybridized carbons (Fsp3) is 0.545. The van der Waals surface area contributed by atoms with Gasteiger partial charge in [0.15, 0.2) is 11.6 Å². The molecule has 0 aromatic carbocycles. The number of nitrogens with one attached hydrogen (secondary N) is 1. The third-order valence-electron chi connectivity index (χ3n) is 6.22. The Labute approximate surface area is 199 Å². The van der Waals surface area contributed by atoms with Crippen LogP contribution in [0, 0.1) is 11.7 Å². The van der Waals surface area contributed by atoms with Crippen LogP contribution in [-0.4, -0.2) is 69.2 Å². The molecule has 0 radical (unpaired) electrons. The maximum atomic E-state index is 15.4. The lowest BCUT2D eigenvalue weighted by atomic mass is 9.93. The van der Waals surface area contributed by atoms with Crippen molar-refractivity contribution in [2.45, 2.75) is 44.1 Å². The predicted molar refractivity (Wildman–Crippen MR) is 119 cm³/mol. The number of rotatable bonds is 9. The molecule has 0 unspecified atom stereocenters. The van der Waals surface area contributed by atoms with Crippen molar-refractivity contribution in [3.8, 4) is 0 Å². The summed E-state index contributed by atoms with van der Waals surface area (Å²) < 4.78 is 53.8. The molecule has 9 nitrogen and oxygen atoms in total. The Hall–Kier alpha value is -3.06. The van der Waals surface area contributed by atoms with Gasteiger partial charge < -0.3 is 21.1 Å². The van der Waals surface area contributed by atoms with E-state index >= 15 is 4.39 Å². The van der Waals surface area contributed by atoms with Gasteiger partial charge in [0.1, 0.15) is 12.0 Å². The number of nitrogens with two attached hydrogens (primary N) is 1. The highest BCUT2D eigenvalue weighted by Crippen LogP contribution is 2.35. The number of halogens is 4. The van der Waals surface area contributed by atoms with Crippen molar-refractivity contribution in [1.29, 1.82) is 0 Å². The summed E-state index contributed by atoms with van der Waals surface area (Å²) >= 11 is 0. The van der Waals surface area contributed by atoms with Gasteiger partial charge >= 0.3 is 6.18 Å². The van der Waals surface area contributed by atoms with Gasteiger partial charge in [-0.3, -0.25) is 14.7 Å². The van der Waals surface area contributed by atoms with Gasteiger partial charge in [0.05, 0.1) is 12.6 Å². The molecule has 190 valence electrons. The number of hydrogen-bond acceptors (Lipinski definition) is 8. The van der Waals surface area contributed by atoms with Crippen LogP contribution in [0.25, 0.3) is 0 Å². The van der Waals surface area contributed by atoms with Gasteiger partial charge in [-0.05, 0) is 37.4 Å². The monoisotopic (exact) mass is 497 g/mol. The summed E-state index contributed by atoms with van der Waals surface area (Å²) in [5.41, 5.74) is 4.73. The third kappa shape index (κ3) is 6.34. The topological polar surface area (TPSA) is 120 Å². The van der Waals surface area contributed by atoms with Gasteiger partial charge in [0.2, 0.25) is 11.7 Å². The minimum absolute atomic E-state index is 0.0158. The van der Waals surface area contributed by atoms with Crippen molar-refractivity contribution < 1.29 is 27.5 Å². The Morgan fingerprint density at radius 2 is 2.00 bits per heavy atom. The molecule has 2 fully saturated rings. The number of aliphatic hydroxyl groups is 1. The molecule has 35 heavy (non-hydrogen) atoms. The largest absolute Gasteiger partial charge is 0.433 e. The van der Waals surface area contributed by atoms with E-state index < -0.39 is 29.7 Å². The maximum absolute atomic E-state index is 15.4. The van der Waals surface area contributed by atoms with Crippen LogP contribution in [0.3, 0.4) is 0 Å². The van der Waals surface area contributed by atoms with Crippen LogP contribution < -0.4 is 16.0 Å². The molecule has 0 bridgehead atoms. The third-order valence-corrected chi connectivity index (χ3v) is 6.22. The highest BCUT2D eigenvalue weighted by Gasteiger charge is 2.35. The number of aliphatic hydroxyl groups excluding tert-OH is 1. The summed E-state index contributed by atoms with van der Waals surface area (Å²) in [6, 6.07) is 2.25. The molecule has 3 heterocycles. The van der Waals surface area contributed by atoms with E-state index in [4.69, 9.17) is 5.73 Å². The van der Waals surface area contributed by atoms with Crippen LogP contribution in [0.2, 0.25) is 0 Å². The smallest absolute Gasteiger partial charge is 0.391 e.